The number of rotatable bonds is 4. The van der Waals surface area contributed by atoms with E-state index in [9.17, 15) is 4.79 Å². The zero-order valence-electron chi connectivity index (χ0n) is 9.42. The summed E-state index contributed by atoms with van der Waals surface area (Å²) >= 11 is 0. The molecule has 2 rings (SSSR count). The fraction of sp³-hybridized carbons (Fsp3) is 0.250. The molecule has 0 aliphatic rings. The van der Waals surface area contributed by atoms with E-state index in [2.05, 4.69) is 14.9 Å². The van der Waals surface area contributed by atoms with Crippen LogP contribution in [0.3, 0.4) is 0 Å². The Morgan fingerprint density at radius 1 is 1.35 bits per heavy atom. The Morgan fingerprint density at radius 3 is 2.82 bits per heavy atom. The van der Waals surface area contributed by atoms with Gasteiger partial charge in [-0.2, -0.15) is 4.98 Å². The van der Waals surface area contributed by atoms with Crippen molar-refractivity contribution in [3.05, 3.63) is 36.2 Å². The van der Waals surface area contributed by atoms with Crippen LogP contribution in [0.15, 0.2) is 34.9 Å². The van der Waals surface area contributed by atoms with Gasteiger partial charge in [-0.05, 0) is 12.1 Å². The SMILES string of the molecule is COC(=O)CCc1noc(-c2ccccc2)n1. The van der Waals surface area contributed by atoms with Crippen molar-refractivity contribution in [3.8, 4) is 11.5 Å². The molecule has 5 heteroatoms. The molecule has 5 nitrogen and oxygen atoms in total. The number of carbonyl (C=O) groups is 1. The van der Waals surface area contributed by atoms with Gasteiger partial charge in [0.15, 0.2) is 5.82 Å². The Bertz CT molecular complexity index is 493. The van der Waals surface area contributed by atoms with E-state index in [4.69, 9.17) is 4.52 Å². The highest BCUT2D eigenvalue weighted by molar-refractivity contribution is 5.69. The molecule has 0 spiro atoms. The van der Waals surface area contributed by atoms with Gasteiger partial charge in [0.2, 0.25) is 0 Å². The first-order chi connectivity index (χ1) is 8.29. The topological polar surface area (TPSA) is 65.2 Å². The van der Waals surface area contributed by atoms with Crippen molar-refractivity contribution < 1.29 is 14.1 Å². The average Bonchev–Trinajstić information content (AvgIpc) is 2.86. The maximum atomic E-state index is 11.0. The van der Waals surface area contributed by atoms with Crippen molar-refractivity contribution >= 4 is 5.97 Å². The largest absolute Gasteiger partial charge is 0.469 e. The van der Waals surface area contributed by atoms with E-state index in [0.29, 0.717) is 18.1 Å². The van der Waals surface area contributed by atoms with E-state index in [-0.39, 0.29) is 12.4 Å². The van der Waals surface area contributed by atoms with Gasteiger partial charge in [0, 0.05) is 12.0 Å². The summed E-state index contributed by atoms with van der Waals surface area (Å²) < 4.78 is 9.64. The quantitative estimate of drug-likeness (QED) is 0.752. The smallest absolute Gasteiger partial charge is 0.305 e. The van der Waals surface area contributed by atoms with Gasteiger partial charge in [0.1, 0.15) is 0 Å². The van der Waals surface area contributed by atoms with Gasteiger partial charge in [-0.3, -0.25) is 4.79 Å². The Labute approximate surface area is 98.4 Å². The third-order valence-electron chi connectivity index (χ3n) is 2.27. The molecule has 0 aliphatic carbocycles. The fourth-order valence-electron chi connectivity index (χ4n) is 1.37. The number of methoxy groups -OCH3 is 1. The zero-order valence-corrected chi connectivity index (χ0v) is 9.42. The molecule has 17 heavy (non-hydrogen) atoms. The normalized spacial score (nSPS) is 10.2. The summed E-state index contributed by atoms with van der Waals surface area (Å²) in [5.41, 5.74) is 0.865. The number of aryl methyl sites for hydroxylation is 1. The molecular formula is C12H12N2O3. The molecule has 0 unspecified atom stereocenters. The summed E-state index contributed by atoms with van der Waals surface area (Å²) in [4.78, 5) is 15.2. The average molecular weight is 232 g/mol. The van der Waals surface area contributed by atoms with Crippen LogP contribution < -0.4 is 0 Å². The second kappa shape index (κ2) is 5.25. The molecule has 88 valence electrons. The molecule has 1 aromatic carbocycles. The van der Waals surface area contributed by atoms with Crippen LogP contribution >= 0.6 is 0 Å². The highest BCUT2D eigenvalue weighted by atomic mass is 16.5. The third kappa shape index (κ3) is 2.90. The molecule has 0 amide bonds. The Hall–Kier alpha value is -2.17. The van der Waals surface area contributed by atoms with E-state index in [1.54, 1.807) is 0 Å². The third-order valence-corrected chi connectivity index (χ3v) is 2.27. The van der Waals surface area contributed by atoms with Gasteiger partial charge >= 0.3 is 5.97 Å². The summed E-state index contributed by atoms with van der Waals surface area (Å²) in [5, 5.41) is 3.80. The minimum atomic E-state index is -0.281. The van der Waals surface area contributed by atoms with Crippen LogP contribution in [0, 0.1) is 0 Å². The number of aromatic nitrogens is 2. The standard InChI is InChI=1S/C12H12N2O3/c1-16-11(15)8-7-10-13-12(17-14-10)9-5-3-2-4-6-9/h2-6H,7-8H2,1H3. The maximum Gasteiger partial charge on any atom is 0.305 e. The summed E-state index contributed by atoms with van der Waals surface area (Å²) in [6.45, 7) is 0. The van der Waals surface area contributed by atoms with Crippen LogP contribution in [0.4, 0.5) is 0 Å². The molecule has 0 saturated carbocycles. The van der Waals surface area contributed by atoms with Crippen molar-refractivity contribution in [3.63, 3.8) is 0 Å². The lowest BCUT2D eigenvalue weighted by Crippen LogP contribution is -2.02. The molecule has 1 aromatic heterocycles. The summed E-state index contributed by atoms with van der Waals surface area (Å²) in [6.07, 6.45) is 0.674. The first kappa shape index (κ1) is 11.3. The van der Waals surface area contributed by atoms with Crippen LogP contribution in [-0.4, -0.2) is 23.2 Å². The van der Waals surface area contributed by atoms with Gasteiger partial charge in [-0.1, -0.05) is 23.4 Å². The molecule has 0 saturated heterocycles. The van der Waals surface area contributed by atoms with E-state index in [1.165, 1.54) is 7.11 Å². The molecule has 0 radical (unpaired) electrons. The van der Waals surface area contributed by atoms with Crippen LogP contribution in [0.25, 0.3) is 11.5 Å². The highest BCUT2D eigenvalue weighted by Gasteiger charge is 2.10. The van der Waals surface area contributed by atoms with E-state index in [1.807, 2.05) is 30.3 Å². The molecular weight excluding hydrogens is 220 g/mol. The Kier molecular flexibility index (Phi) is 3.49. The van der Waals surface area contributed by atoms with E-state index >= 15 is 0 Å². The number of esters is 1. The first-order valence-electron chi connectivity index (χ1n) is 5.24. The first-order valence-corrected chi connectivity index (χ1v) is 5.24. The van der Waals surface area contributed by atoms with Gasteiger partial charge in [-0.15, -0.1) is 0 Å². The molecule has 0 atom stereocenters. The van der Waals surface area contributed by atoms with E-state index in [0.717, 1.165) is 5.56 Å². The van der Waals surface area contributed by atoms with Crippen molar-refractivity contribution in [2.75, 3.05) is 7.11 Å². The van der Waals surface area contributed by atoms with Crippen molar-refractivity contribution in [1.29, 1.82) is 0 Å². The lowest BCUT2D eigenvalue weighted by molar-refractivity contribution is -0.140. The van der Waals surface area contributed by atoms with E-state index < -0.39 is 0 Å². The summed E-state index contributed by atoms with van der Waals surface area (Å²) in [7, 11) is 1.36. The molecule has 2 aromatic rings. The summed E-state index contributed by atoms with van der Waals surface area (Å²) in [5.74, 6) is 0.691. The summed E-state index contributed by atoms with van der Waals surface area (Å²) in [6, 6.07) is 9.48. The van der Waals surface area contributed by atoms with Crippen molar-refractivity contribution in [2.24, 2.45) is 0 Å². The lowest BCUT2D eigenvalue weighted by atomic mass is 10.2. The predicted molar refractivity (Wildman–Crippen MR) is 60.1 cm³/mol. The Balaban J connectivity index is 2.04. The van der Waals surface area contributed by atoms with Crippen LogP contribution in [0.2, 0.25) is 0 Å². The fourth-order valence-corrected chi connectivity index (χ4v) is 1.37. The minimum Gasteiger partial charge on any atom is -0.469 e. The van der Waals surface area contributed by atoms with Gasteiger partial charge in [0.25, 0.3) is 5.89 Å². The molecule has 0 aliphatic heterocycles. The van der Waals surface area contributed by atoms with Crippen LogP contribution in [-0.2, 0) is 16.0 Å². The minimum absolute atomic E-state index is 0.254. The van der Waals surface area contributed by atoms with Crippen molar-refractivity contribution in [1.82, 2.24) is 10.1 Å². The Morgan fingerprint density at radius 2 is 2.12 bits per heavy atom. The van der Waals surface area contributed by atoms with Crippen LogP contribution in [0.5, 0.6) is 0 Å². The van der Waals surface area contributed by atoms with Gasteiger partial charge in [-0.25, -0.2) is 0 Å². The lowest BCUT2D eigenvalue weighted by Gasteiger charge is -1.94. The second-order valence-corrected chi connectivity index (χ2v) is 3.46. The number of nitrogens with zero attached hydrogens (tertiary/aromatic N) is 2. The highest BCUT2D eigenvalue weighted by Crippen LogP contribution is 2.16. The van der Waals surface area contributed by atoms with Gasteiger partial charge < -0.3 is 9.26 Å². The number of hydrogen-bond acceptors (Lipinski definition) is 5. The number of benzene rings is 1. The molecule has 0 fully saturated rings. The predicted octanol–water partition coefficient (Wildman–Crippen LogP) is 1.84. The maximum absolute atomic E-state index is 11.0. The zero-order chi connectivity index (χ0) is 12.1. The van der Waals surface area contributed by atoms with Crippen molar-refractivity contribution in [2.45, 2.75) is 12.8 Å². The number of ether oxygens (including phenoxy) is 1. The van der Waals surface area contributed by atoms with Crippen LogP contribution in [0.1, 0.15) is 12.2 Å². The number of carbonyl (C=O) groups excluding carboxylic acids is 1. The second-order valence-electron chi connectivity index (χ2n) is 3.46. The molecule has 0 bridgehead atoms. The number of hydrogen-bond donors (Lipinski definition) is 0. The molecule has 1 heterocycles. The monoisotopic (exact) mass is 232 g/mol. The molecule has 0 N–H and O–H groups in total. The van der Waals surface area contributed by atoms with Gasteiger partial charge in [0.05, 0.1) is 13.5 Å².